The summed E-state index contributed by atoms with van der Waals surface area (Å²) in [4.78, 5) is -0.648. The first-order valence-corrected chi connectivity index (χ1v) is 7.96. The van der Waals surface area contributed by atoms with Crippen molar-refractivity contribution in [3.63, 3.8) is 0 Å². The second-order valence-electron chi connectivity index (χ2n) is 3.81. The van der Waals surface area contributed by atoms with Gasteiger partial charge in [-0.3, -0.25) is 0 Å². The number of hydrogen-bond acceptors (Lipinski definition) is 4. The Morgan fingerprint density at radius 1 is 1.63 bits per heavy atom. The lowest BCUT2D eigenvalue weighted by atomic mass is 10.3. The summed E-state index contributed by atoms with van der Waals surface area (Å²) in [5.74, 6) is -1.09. The molecular formula is C10H13BrClFN2O3S. The maximum Gasteiger partial charge on any atom is 0.243 e. The monoisotopic (exact) mass is 374 g/mol. The number of benzene rings is 1. The van der Waals surface area contributed by atoms with Crippen molar-refractivity contribution in [3.8, 4) is 0 Å². The highest BCUT2D eigenvalue weighted by Crippen LogP contribution is 2.34. The van der Waals surface area contributed by atoms with Crippen molar-refractivity contribution in [1.82, 2.24) is 4.72 Å². The number of nitrogens with two attached hydrogens (primary N) is 1. The molecular weight excluding hydrogens is 363 g/mol. The Morgan fingerprint density at radius 3 is 2.68 bits per heavy atom. The van der Waals surface area contributed by atoms with Crippen LogP contribution < -0.4 is 10.5 Å². The van der Waals surface area contributed by atoms with Crippen LogP contribution in [0.1, 0.15) is 13.3 Å². The van der Waals surface area contributed by atoms with Crippen molar-refractivity contribution in [3.05, 3.63) is 21.4 Å². The average Bonchev–Trinajstić information content (AvgIpc) is 2.37. The standard InChI is InChI=1S/C10H13BrClFN2O3S/c1-2-5(4-16)15-19(17,18)7-3-6(12)8(11)10(14)9(7)13/h3,5,15-16H,2,4,14H2,1H3. The predicted octanol–water partition coefficient (Wildman–Crippen LogP) is 1.87. The van der Waals surface area contributed by atoms with Crippen LogP contribution in [0.25, 0.3) is 0 Å². The van der Waals surface area contributed by atoms with Crippen molar-refractivity contribution in [2.75, 3.05) is 12.3 Å². The fraction of sp³-hybridized carbons (Fsp3) is 0.400. The summed E-state index contributed by atoms with van der Waals surface area (Å²) in [5.41, 5.74) is 5.04. The molecule has 0 amide bonds. The van der Waals surface area contributed by atoms with Gasteiger partial charge < -0.3 is 10.8 Å². The van der Waals surface area contributed by atoms with Gasteiger partial charge in [-0.15, -0.1) is 0 Å². The van der Waals surface area contributed by atoms with Crippen LogP contribution in [0.15, 0.2) is 15.4 Å². The summed E-state index contributed by atoms with van der Waals surface area (Å²) in [6.45, 7) is 1.29. The molecule has 0 aromatic heterocycles. The van der Waals surface area contributed by atoms with Gasteiger partial charge in [0.15, 0.2) is 5.82 Å². The van der Waals surface area contributed by atoms with Gasteiger partial charge in [0.2, 0.25) is 10.0 Å². The Morgan fingerprint density at radius 2 is 2.21 bits per heavy atom. The van der Waals surface area contributed by atoms with Gasteiger partial charge >= 0.3 is 0 Å². The fourth-order valence-electron chi connectivity index (χ4n) is 1.33. The van der Waals surface area contributed by atoms with Crippen molar-refractivity contribution < 1.29 is 17.9 Å². The molecule has 0 aliphatic heterocycles. The van der Waals surface area contributed by atoms with E-state index in [2.05, 4.69) is 20.7 Å². The van der Waals surface area contributed by atoms with Crippen LogP contribution in [0.2, 0.25) is 5.02 Å². The summed E-state index contributed by atoms with van der Waals surface area (Å²) in [6, 6.07) is 0.261. The normalized spacial score (nSPS) is 13.5. The molecule has 1 unspecified atom stereocenters. The molecule has 19 heavy (non-hydrogen) atoms. The molecule has 1 atom stereocenters. The minimum atomic E-state index is -4.15. The summed E-state index contributed by atoms with van der Waals surface area (Å²) in [7, 11) is -4.15. The topological polar surface area (TPSA) is 92.4 Å². The van der Waals surface area contributed by atoms with E-state index < -0.39 is 33.4 Å². The highest BCUT2D eigenvalue weighted by atomic mass is 79.9. The van der Waals surface area contributed by atoms with Gasteiger partial charge in [0.05, 0.1) is 21.8 Å². The second-order valence-corrected chi connectivity index (χ2v) is 6.69. The SMILES string of the molecule is CCC(CO)NS(=O)(=O)c1cc(Cl)c(Br)c(N)c1F. The first kappa shape index (κ1) is 16.6. The number of hydrogen-bond donors (Lipinski definition) is 3. The molecule has 0 heterocycles. The largest absolute Gasteiger partial charge is 0.395 e. The molecule has 1 aromatic rings. The quantitative estimate of drug-likeness (QED) is 0.541. The lowest BCUT2D eigenvalue weighted by molar-refractivity contribution is 0.253. The Balaban J connectivity index is 3.30. The van der Waals surface area contributed by atoms with Gasteiger partial charge in [0, 0.05) is 6.04 Å². The molecule has 0 saturated heterocycles. The van der Waals surface area contributed by atoms with Crippen LogP contribution in [0, 0.1) is 5.82 Å². The van der Waals surface area contributed by atoms with E-state index in [1.54, 1.807) is 6.92 Å². The average molecular weight is 376 g/mol. The van der Waals surface area contributed by atoms with Crippen LogP contribution >= 0.6 is 27.5 Å². The van der Waals surface area contributed by atoms with E-state index in [-0.39, 0.29) is 15.2 Å². The molecule has 0 fully saturated rings. The third-order valence-electron chi connectivity index (χ3n) is 2.48. The Kier molecular flexibility index (Phi) is 5.57. The van der Waals surface area contributed by atoms with Gasteiger partial charge in [0.25, 0.3) is 0 Å². The summed E-state index contributed by atoms with van der Waals surface area (Å²) < 4.78 is 40.2. The number of rotatable bonds is 5. The Hall–Kier alpha value is -0.410. The lowest BCUT2D eigenvalue weighted by Crippen LogP contribution is -2.37. The number of anilines is 1. The van der Waals surface area contributed by atoms with E-state index in [9.17, 15) is 12.8 Å². The van der Waals surface area contributed by atoms with E-state index in [4.69, 9.17) is 22.4 Å². The number of nitrogen functional groups attached to an aromatic ring is 1. The number of sulfonamides is 1. The zero-order chi connectivity index (χ0) is 14.8. The molecule has 5 nitrogen and oxygen atoms in total. The molecule has 0 bridgehead atoms. The predicted molar refractivity (Wildman–Crippen MR) is 75.0 cm³/mol. The molecule has 1 aromatic carbocycles. The minimum Gasteiger partial charge on any atom is -0.395 e. The number of aliphatic hydroxyl groups excluding tert-OH is 1. The first-order valence-electron chi connectivity index (χ1n) is 5.30. The maximum atomic E-state index is 13.9. The molecule has 0 aliphatic carbocycles. The van der Waals surface area contributed by atoms with Crippen LogP contribution in [-0.4, -0.2) is 26.2 Å². The van der Waals surface area contributed by atoms with E-state index in [0.29, 0.717) is 6.42 Å². The van der Waals surface area contributed by atoms with Crippen LogP contribution in [0.5, 0.6) is 0 Å². The van der Waals surface area contributed by atoms with E-state index in [1.807, 2.05) is 0 Å². The maximum absolute atomic E-state index is 13.9. The summed E-state index contributed by atoms with van der Waals surface area (Å²) in [5, 5.41) is 8.96. The smallest absolute Gasteiger partial charge is 0.243 e. The zero-order valence-electron chi connectivity index (χ0n) is 9.95. The summed E-state index contributed by atoms with van der Waals surface area (Å²) >= 11 is 8.72. The van der Waals surface area contributed by atoms with E-state index in [1.165, 1.54) is 0 Å². The third-order valence-corrected chi connectivity index (χ3v) is 5.38. The van der Waals surface area contributed by atoms with Gasteiger partial charge in [-0.05, 0) is 28.4 Å². The highest BCUT2D eigenvalue weighted by molar-refractivity contribution is 9.10. The third kappa shape index (κ3) is 3.57. The highest BCUT2D eigenvalue weighted by Gasteiger charge is 2.26. The van der Waals surface area contributed by atoms with Gasteiger partial charge in [-0.25, -0.2) is 17.5 Å². The number of halogens is 3. The van der Waals surface area contributed by atoms with Crippen LogP contribution in [0.4, 0.5) is 10.1 Å². The zero-order valence-corrected chi connectivity index (χ0v) is 13.1. The Labute approximate surface area is 124 Å². The number of nitrogens with one attached hydrogen (secondary N) is 1. The van der Waals surface area contributed by atoms with E-state index >= 15 is 0 Å². The molecule has 0 radical (unpaired) electrons. The first-order chi connectivity index (χ1) is 8.74. The molecule has 0 spiro atoms. The van der Waals surface area contributed by atoms with Gasteiger partial charge in [-0.1, -0.05) is 18.5 Å². The molecule has 4 N–H and O–H groups in total. The number of aliphatic hydroxyl groups is 1. The molecule has 9 heteroatoms. The van der Waals surface area contributed by atoms with Crippen molar-refractivity contribution in [2.24, 2.45) is 0 Å². The summed E-state index contributed by atoms with van der Waals surface area (Å²) in [6.07, 6.45) is 0.358. The van der Waals surface area contributed by atoms with Crippen LogP contribution in [0.3, 0.4) is 0 Å². The molecule has 1 rings (SSSR count). The fourth-order valence-corrected chi connectivity index (χ4v) is 3.32. The molecule has 0 aliphatic rings. The van der Waals surface area contributed by atoms with Crippen LogP contribution in [-0.2, 0) is 10.0 Å². The van der Waals surface area contributed by atoms with Crippen molar-refractivity contribution in [1.29, 1.82) is 0 Å². The minimum absolute atomic E-state index is 0.0173. The van der Waals surface area contributed by atoms with Crippen molar-refractivity contribution >= 4 is 43.2 Å². The second kappa shape index (κ2) is 6.36. The Bertz CT molecular complexity index is 579. The van der Waals surface area contributed by atoms with E-state index in [0.717, 1.165) is 6.07 Å². The van der Waals surface area contributed by atoms with Gasteiger partial charge in [0.1, 0.15) is 4.90 Å². The molecule has 0 saturated carbocycles. The van der Waals surface area contributed by atoms with Gasteiger partial charge in [-0.2, -0.15) is 0 Å². The molecule has 108 valence electrons. The van der Waals surface area contributed by atoms with Crippen molar-refractivity contribution in [2.45, 2.75) is 24.3 Å². The lowest BCUT2D eigenvalue weighted by Gasteiger charge is -2.16.